The van der Waals surface area contributed by atoms with Gasteiger partial charge in [-0.3, -0.25) is 87.0 Å². The van der Waals surface area contributed by atoms with Crippen molar-refractivity contribution in [3.8, 4) is 0 Å². The first-order valence-electron chi connectivity index (χ1n) is 23.8. The van der Waals surface area contributed by atoms with Crippen molar-refractivity contribution in [1.29, 1.82) is 0 Å². The van der Waals surface area contributed by atoms with Crippen LogP contribution in [0.3, 0.4) is 0 Å². The summed E-state index contributed by atoms with van der Waals surface area (Å²) in [5, 5.41) is 137. The number of aliphatic carboxylic acids is 15. The van der Waals surface area contributed by atoms with Crippen LogP contribution in [-0.2, 0) is 81.5 Å². The van der Waals surface area contributed by atoms with Gasteiger partial charge in [-0.2, -0.15) is 0 Å². The van der Waals surface area contributed by atoms with E-state index in [9.17, 15) is 102 Å². The molecule has 0 aliphatic carbocycles. The van der Waals surface area contributed by atoms with Gasteiger partial charge in [-0.05, 0) is 0 Å². The summed E-state index contributed by atoms with van der Waals surface area (Å²) in [6.07, 6.45) is 3.00. The minimum atomic E-state index is -1.48. The zero-order valence-corrected chi connectivity index (χ0v) is 60.9. The molecule has 48 heteroatoms. The Morgan fingerprint density at radius 2 is 0.337 bits per heavy atom. The van der Waals surface area contributed by atoms with Crippen LogP contribution < -0.4 is 139 Å². The van der Waals surface area contributed by atoms with Crippen molar-refractivity contribution in [2.75, 3.05) is 177 Å². The normalized spacial score (nSPS) is 9.97. The molecule has 0 spiro atoms. The molecular weight excluding hydrogens is 1330 g/mol. The van der Waals surface area contributed by atoms with Crippen LogP contribution in [0.5, 0.6) is 0 Å². The molecule has 0 aromatic carbocycles. The largest absolute Gasteiger partial charge is 2.00 e. The summed E-state index contributed by atoms with van der Waals surface area (Å²) in [4.78, 5) is 189. The van der Waals surface area contributed by atoms with E-state index in [0.29, 0.717) is 0 Å². The average Bonchev–Trinajstić information content (AvgIpc) is 3.30. The van der Waals surface area contributed by atoms with Crippen LogP contribution in [0.15, 0.2) is 0 Å². The quantitative estimate of drug-likeness (QED) is 0.0199. The zero-order chi connectivity index (χ0) is 66.4. The fourth-order valence-electron chi connectivity index (χ4n) is 6.41. The van der Waals surface area contributed by atoms with Crippen molar-refractivity contribution in [2.24, 2.45) is 0 Å². The Morgan fingerprint density at radius 1 is 0.228 bits per heavy atom. The van der Waals surface area contributed by atoms with E-state index in [1.165, 1.54) is 22.4 Å². The standard InChI is InChI=1S/C14H23N3O10.C10H16N2O8.2C10H15N2O7.Ca.4Na.2H2O/c18-10(19)5-15(1-3-16(6-11(20)21)7-12(22)23)2-4-17(8-13(24)25)9-14(26)27;13-7(14)3-11(4-8(15)16)1-2-12(5-9(17)18)6-10(19)20;2*13-4-3-11(5-8(14)15)1-2-12(6-9(16)17)7-10(18)19;;;;;;;/h1-9H2,(H,18,19)(H,20,21)(H,22,23)(H,24,25)(H,26,27);1-6H2,(H,13,14)(H,15,16)(H,17,18)(H,19,20);2*1-3,5-7H2,(H,14,15)(H,16,17)(H,18,19);;;;;;2*1H2/q;;2*-1;+2;4*+1;;/p-6. The summed E-state index contributed by atoms with van der Waals surface area (Å²) in [7, 11) is 0. The molecule has 0 bridgehead atoms. The molecule has 0 unspecified atom stereocenters. The van der Waals surface area contributed by atoms with Gasteiger partial charge in [0.1, 0.15) is 0 Å². The van der Waals surface area contributed by atoms with Crippen molar-refractivity contribution >= 4 is 140 Å². The van der Waals surface area contributed by atoms with Gasteiger partial charge in [0, 0.05) is 91.6 Å². The summed E-state index contributed by atoms with van der Waals surface area (Å²) in [6.45, 7) is -9.00. The number of carboxylic acids is 15. The smallest absolute Gasteiger partial charge is 0.870 e. The van der Waals surface area contributed by atoms with E-state index in [1.54, 1.807) is 0 Å². The van der Waals surface area contributed by atoms with E-state index in [-0.39, 0.29) is 245 Å². The van der Waals surface area contributed by atoms with Gasteiger partial charge in [0.2, 0.25) is 0 Å². The van der Waals surface area contributed by atoms with Crippen LogP contribution in [0.1, 0.15) is 0 Å². The molecule has 0 saturated carbocycles. The van der Waals surface area contributed by atoms with Gasteiger partial charge in [0.15, 0.2) is 0 Å². The Hall–Kier alpha value is -3.79. The van der Waals surface area contributed by atoms with Crippen molar-refractivity contribution in [3.63, 3.8) is 0 Å². The molecule has 0 amide bonds. The van der Waals surface area contributed by atoms with Crippen molar-refractivity contribution in [2.45, 2.75) is 0 Å². The molecule has 0 aromatic rings. The van der Waals surface area contributed by atoms with Crippen molar-refractivity contribution in [3.05, 3.63) is 0 Å². The van der Waals surface area contributed by atoms with Crippen LogP contribution >= 0.6 is 0 Å². The number of carbonyl (C=O) groups is 15. The molecule has 92 heavy (non-hydrogen) atoms. The summed E-state index contributed by atoms with van der Waals surface area (Å²) >= 11 is 0. The third kappa shape index (κ3) is 82.3. The van der Waals surface area contributed by atoms with Crippen molar-refractivity contribution < 1.29 is 287 Å². The Kier molecular flexibility index (Phi) is 83.9. The zero-order valence-electron chi connectivity index (χ0n) is 50.7. The molecule has 0 atom stereocenters. The van der Waals surface area contributed by atoms with Crippen LogP contribution in [-0.4, -0.2) is 428 Å². The second kappa shape index (κ2) is 68.6. The van der Waals surface area contributed by atoms with Gasteiger partial charge < -0.3 is 126 Å². The van der Waals surface area contributed by atoms with Gasteiger partial charge in [0.25, 0.3) is 0 Å². The van der Waals surface area contributed by atoms with E-state index < -0.39 is 188 Å². The first-order valence-corrected chi connectivity index (χ1v) is 23.8. The van der Waals surface area contributed by atoms with E-state index in [2.05, 4.69) is 0 Å². The maximum atomic E-state index is 11.0. The van der Waals surface area contributed by atoms with Gasteiger partial charge in [-0.25, -0.2) is 12.6 Å². The molecular formula is C44H67CaN9Na4O34-2. The molecule has 0 fully saturated rings. The number of nitrogens with zero attached hydrogens (tertiary/aromatic N) is 9. The van der Waals surface area contributed by atoms with Crippen LogP contribution in [0, 0.1) is 0 Å². The molecule has 500 valence electrons. The maximum Gasteiger partial charge on any atom is 2.00 e. The number of hydrogen-bond acceptors (Lipinski definition) is 32. The number of carbonyl (C=O) groups excluding carboxylic acids is 6. The summed E-state index contributed by atoms with van der Waals surface area (Å²) in [5.74, 6) is -19.2. The van der Waals surface area contributed by atoms with Gasteiger partial charge in [-0.15, -0.1) is 0 Å². The first-order chi connectivity index (χ1) is 39.4. The Bertz CT molecular complexity index is 2020. The molecule has 13 N–H and O–H groups in total. The summed E-state index contributed by atoms with van der Waals surface area (Å²) in [5.41, 5.74) is 0. The van der Waals surface area contributed by atoms with E-state index in [4.69, 9.17) is 56.2 Å². The molecule has 0 aromatic heterocycles. The third-order valence-electron chi connectivity index (χ3n) is 9.60. The minimum absolute atomic E-state index is 0. The Labute approximate surface area is 641 Å². The van der Waals surface area contributed by atoms with Gasteiger partial charge >= 0.3 is 222 Å². The number of rotatable bonds is 49. The SMILES string of the molecule is O=C(O)CN(CCN(CC(=O)O)CC(=O)O)CC(=O)O.O=C(O)CN(CCN(CC(=O)O)CC(=O)O)CCN(CC(=O)O)CC(=O)O.O=[C-]CN(CCN(CC(=O)O)CC(=O)O)CC(=O)[O-].O=[C-]CN(CCN(CC(=O)[O-])CC(=O)[O-])CC(=O)[O-].[Ca+2].[Na+].[Na+].[Na+].[Na+].[OH-].[OH-]. The van der Waals surface area contributed by atoms with E-state index >= 15 is 0 Å². The van der Waals surface area contributed by atoms with Gasteiger partial charge in [-0.1, -0.05) is 13.1 Å². The fourth-order valence-corrected chi connectivity index (χ4v) is 6.41. The number of hydrogen-bond donors (Lipinski definition) is 11. The molecule has 0 heterocycles. The predicted octanol–water partition coefficient (Wildman–Crippen LogP) is -26.9. The predicted molar refractivity (Wildman–Crippen MR) is 273 cm³/mol. The number of carboxylic acid groups (broad SMARTS) is 15. The molecule has 0 rings (SSSR count). The van der Waals surface area contributed by atoms with E-state index in [1.807, 2.05) is 0 Å². The molecule has 43 nitrogen and oxygen atoms in total. The average molecular weight is 1400 g/mol. The topological polar surface area (TPSA) is 694 Å². The van der Waals surface area contributed by atoms with Crippen LogP contribution in [0.4, 0.5) is 0 Å². The minimum Gasteiger partial charge on any atom is -0.870 e. The second-order valence-electron chi connectivity index (χ2n) is 17.1. The first kappa shape index (κ1) is 113. The van der Waals surface area contributed by atoms with Crippen molar-refractivity contribution in [1.82, 2.24) is 44.1 Å². The van der Waals surface area contributed by atoms with Crippen LogP contribution in [0.25, 0.3) is 0 Å². The third-order valence-corrected chi connectivity index (χ3v) is 9.60. The second-order valence-corrected chi connectivity index (χ2v) is 17.1. The van der Waals surface area contributed by atoms with Crippen LogP contribution in [0.2, 0.25) is 0 Å². The Morgan fingerprint density at radius 3 is 0.467 bits per heavy atom. The Balaban J connectivity index is -0.000000104. The fraction of sp³-hybridized carbons (Fsp3) is 0.614. The maximum absolute atomic E-state index is 11.0. The summed E-state index contributed by atoms with van der Waals surface area (Å²) in [6, 6.07) is 0. The van der Waals surface area contributed by atoms with E-state index in [0.717, 1.165) is 34.3 Å². The monoisotopic (exact) mass is 1400 g/mol. The molecule has 0 radical (unpaired) electrons. The molecule has 0 saturated heterocycles. The van der Waals surface area contributed by atoms with Gasteiger partial charge in [0.05, 0.1) is 95.9 Å². The molecule has 0 aliphatic rings. The molecule has 0 aliphatic heterocycles. The summed E-state index contributed by atoms with van der Waals surface area (Å²) < 4.78 is 0.